The van der Waals surface area contributed by atoms with Crippen LogP contribution in [0.3, 0.4) is 0 Å². The molecule has 0 aliphatic heterocycles. The lowest BCUT2D eigenvalue weighted by Crippen LogP contribution is -2.48. The molecule has 0 radical (unpaired) electrons. The van der Waals surface area contributed by atoms with E-state index in [9.17, 15) is 14.4 Å². The van der Waals surface area contributed by atoms with Crippen molar-refractivity contribution in [1.82, 2.24) is 10.2 Å². The Bertz CT molecular complexity index is 591. The van der Waals surface area contributed by atoms with Crippen LogP contribution >= 0.6 is 0 Å². The average molecular weight is 585 g/mol. The molecule has 0 saturated carbocycles. The minimum absolute atomic E-state index is 0.0649. The number of hydrogen-bond donors (Lipinski definition) is 2. The molecule has 8 nitrogen and oxygen atoms in total. The molecule has 1 atom stereocenters. The standard InChI is InChI=1S/C33H64N2O6/c1-4-6-8-10-12-14-16-18-20-22-31(37)40-28-25-35(33(39)30(3)34-24-27-36)26-29-41-32(38)23-21-19-17-15-13-11-9-7-5-2/h30,34,36H,4-29H2,1-3H3. The highest BCUT2D eigenvalue weighted by Crippen LogP contribution is 2.12. The zero-order valence-corrected chi connectivity index (χ0v) is 26.9. The third-order valence-corrected chi connectivity index (χ3v) is 7.46. The van der Waals surface area contributed by atoms with Gasteiger partial charge in [-0.1, -0.05) is 117 Å². The summed E-state index contributed by atoms with van der Waals surface area (Å²) in [7, 11) is 0. The molecule has 0 bridgehead atoms. The Labute approximate surface area is 251 Å². The van der Waals surface area contributed by atoms with Crippen LogP contribution in [0.2, 0.25) is 0 Å². The molecule has 0 aliphatic rings. The van der Waals surface area contributed by atoms with E-state index in [2.05, 4.69) is 19.2 Å². The molecule has 0 aromatic heterocycles. The van der Waals surface area contributed by atoms with E-state index in [1.165, 1.54) is 77.0 Å². The zero-order chi connectivity index (χ0) is 30.4. The van der Waals surface area contributed by atoms with E-state index in [1.54, 1.807) is 11.8 Å². The van der Waals surface area contributed by atoms with Crippen molar-refractivity contribution >= 4 is 17.8 Å². The second-order valence-electron chi connectivity index (χ2n) is 11.3. The van der Waals surface area contributed by atoms with Crippen molar-refractivity contribution in [3.05, 3.63) is 0 Å². The molecule has 0 heterocycles. The summed E-state index contributed by atoms with van der Waals surface area (Å²) in [5.74, 6) is -0.651. The highest BCUT2D eigenvalue weighted by atomic mass is 16.5. The third kappa shape index (κ3) is 25.7. The van der Waals surface area contributed by atoms with E-state index in [0.717, 1.165) is 38.5 Å². The van der Waals surface area contributed by atoms with Gasteiger partial charge >= 0.3 is 11.9 Å². The van der Waals surface area contributed by atoms with Crippen LogP contribution in [-0.4, -0.2) is 73.3 Å². The monoisotopic (exact) mass is 584 g/mol. The van der Waals surface area contributed by atoms with Gasteiger partial charge in [0.15, 0.2) is 0 Å². The number of amides is 1. The number of nitrogens with one attached hydrogen (secondary N) is 1. The predicted molar refractivity (Wildman–Crippen MR) is 167 cm³/mol. The average Bonchev–Trinajstić information content (AvgIpc) is 2.97. The van der Waals surface area contributed by atoms with Crippen molar-refractivity contribution in [2.75, 3.05) is 39.5 Å². The maximum atomic E-state index is 12.9. The topological polar surface area (TPSA) is 105 Å². The van der Waals surface area contributed by atoms with Gasteiger partial charge < -0.3 is 24.8 Å². The molecule has 41 heavy (non-hydrogen) atoms. The fourth-order valence-electron chi connectivity index (χ4n) is 4.82. The van der Waals surface area contributed by atoms with Gasteiger partial charge in [0.2, 0.25) is 5.91 Å². The molecule has 0 aromatic carbocycles. The molecule has 0 rings (SSSR count). The number of aliphatic hydroxyl groups is 1. The normalized spacial score (nSPS) is 11.8. The van der Waals surface area contributed by atoms with Gasteiger partial charge in [0.05, 0.1) is 25.7 Å². The lowest BCUT2D eigenvalue weighted by molar-refractivity contribution is -0.148. The molecule has 0 spiro atoms. The van der Waals surface area contributed by atoms with E-state index in [1.807, 2.05) is 0 Å². The Morgan fingerprint density at radius 1 is 0.634 bits per heavy atom. The first-order valence-electron chi connectivity index (χ1n) is 16.9. The van der Waals surface area contributed by atoms with Gasteiger partial charge in [0, 0.05) is 19.4 Å². The lowest BCUT2D eigenvalue weighted by atomic mass is 10.1. The van der Waals surface area contributed by atoms with Crippen molar-refractivity contribution in [1.29, 1.82) is 0 Å². The molecule has 0 saturated heterocycles. The Morgan fingerprint density at radius 3 is 1.37 bits per heavy atom. The van der Waals surface area contributed by atoms with Crippen LogP contribution in [0.4, 0.5) is 0 Å². The summed E-state index contributed by atoms with van der Waals surface area (Å²) < 4.78 is 10.8. The van der Waals surface area contributed by atoms with Crippen molar-refractivity contribution in [3.8, 4) is 0 Å². The molecule has 1 amide bonds. The van der Waals surface area contributed by atoms with Crippen LogP contribution in [0.5, 0.6) is 0 Å². The van der Waals surface area contributed by atoms with E-state index in [-0.39, 0.29) is 50.8 Å². The van der Waals surface area contributed by atoms with E-state index >= 15 is 0 Å². The number of nitrogens with zero attached hydrogens (tertiary/aromatic N) is 1. The molecular weight excluding hydrogens is 520 g/mol. The number of unbranched alkanes of at least 4 members (excludes halogenated alkanes) is 16. The molecule has 0 aliphatic carbocycles. The number of rotatable bonds is 30. The first-order valence-corrected chi connectivity index (χ1v) is 16.9. The van der Waals surface area contributed by atoms with Crippen LogP contribution in [0.15, 0.2) is 0 Å². The van der Waals surface area contributed by atoms with E-state index in [4.69, 9.17) is 14.6 Å². The quantitative estimate of drug-likeness (QED) is 0.0714. The van der Waals surface area contributed by atoms with Gasteiger partial charge in [-0.05, 0) is 19.8 Å². The Hall–Kier alpha value is -1.67. The predicted octanol–water partition coefficient (Wildman–Crippen LogP) is 6.71. The maximum Gasteiger partial charge on any atom is 0.305 e. The summed E-state index contributed by atoms with van der Waals surface area (Å²) in [6.07, 6.45) is 22.2. The number of carbonyl (C=O) groups is 3. The number of ether oxygens (including phenoxy) is 2. The zero-order valence-electron chi connectivity index (χ0n) is 26.9. The lowest BCUT2D eigenvalue weighted by Gasteiger charge is -2.26. The minimum Gasteiger partial charge on any atom is -0.464 e. The second-order valence-corrected chi connectivity index (χ2v) is 11.3. The van der Waals surface area contributed by atoms with E-state index < -0.39 is 6.04 Å². The molecular formula is C33H64N2O6. The van der Waals surface area contributed by atoms with Gasteiger partial charge in [0.25, 0.3) is 0 Å². The molecule has 2 N–H and O–H groups in total. The second kappa shape index (κ2) is 29.8. The number of esters is 2. The van der Waals surface area contributed by atoms with Gasteiger partial charge in [-0.25, -0.2) is 0 Å². The van der Waals surface area contributed by atoms with Crippen molar-refractivity contribution in [2.24, 2.45) is 0 Å². The van der Waals surface area contributed by atoms with Gasteiger partial charge in [0.1, 0.15) is 13.2 Å². The fraction of sp³-hybridized carbons (Fsp3) is 0.909. The molecule has 242 valence electrons. The smallest absolute Gasteiger partial charge is 0.305 e. The number of aliphatic hydroxyl groups excluding tert-OH is 1. The van der Waals surface area contributed by atoms with Gasteiger partial charge in [-0.2, -0.15) is 0 Å². The Morgan fingerprint density at radius 2 is 1.00 bits per heavy atom. The molecule has 8 heteroatoms. The van der Waals surface area contributed by atoms with Gasteiger partial charge in [-0.3, -0.25) is 14.4 Å². The van der Waals surface area contributed by atoms with Crippen molar-refractivity contribution in [2.45, 2.75) is 155 Å². The highest BCUT2D eigenvalue weighted by molar-refractivity contribution is 5.81. The molecule has 0 fully saturated rings. The van der Waals surface area contributed by atoms with Crippen LogP contribution < -0.4 is 5.32 Å². The highest BCUT2D eigenvalue weighted by Gasteiger charge is 2.21. The summed E-state index contributed by atoms with van der Waals surface area (Å²) in [4.78, 5) is 38.8. The first kappa shape index (κ1) is 39.3. The van der Waals surface area contributed by atoms with Crippen LogP contribution in [0, 0.1) is 0 Å². The van der Waals surface area contributed by atoms with Crippen LogP contribution in [0.25, 0.3) is 0 Å². The fourth-order valence-corrected chi connectivity index (χ4v) is 4.82. The maximum absolute atomic E-state index is 12.9. The van der Waals surface area contributed by atoms with Crippen molar-refractivity contribution in [3.63, 3.8) is 0 Å². The summed E-state index contributed by atoms with van der Waals surface area (Å²) in [6.45, 7) is 7.13. The summed E-state index contributed by atoms with van der Waals surface area (Å²) >= 11 is 0. The largest absolute Gasteiger partial charge is 0.464 e. The van der Waals surface area contributed by atoms with Crippen molar-refractivity contribution < 1.29 is 29.0 Å². The Balaban J connectivity index is 4.23. The summed E-state index contributed by atoms with van der Waals surface area (Å²) in [5.41, 5.74) is 0. The van der Waals surface area contributed by atoms with Gasteiger partial charge in [-0.15, -0.1) is 0 Å². The summed E-state index contributed by atoms with van der Waals surface area (Å²) in [6, 6.07) is -0.502. The number of hydrogen-bond acceptors (Lipinski definition) is 7. The third-order valence-electron chi connectivity index (χ3n) is 7.46. The van der Waals surface area contributed by atoms with E-state index in [0.29, 0.717) is 19.4 Å². The first-order chi connectivity index (χ1) is 20.0. The number of carbonyl (C=O) groups excluding carboxylic acids is 3. The minimum atomic E-state index is -0.502. The molecule has 0 aromatic rings. The Kier molecular flexibility index (Phi) is 28.6. The summed E-state index contributed by atoms with van der Waals surface area (Å²) in [5, 5.41) is 12.0. The SMILES string of the molecule is CCCCCCCCCCCC(=O)OCCN(CCOC(=O)CCCCCCCCCCC)C(=O)C(C)NCCO. The van der Waals surface area contributed by atoms with Crippen LogP contribution in [0.1, 0.15) is 149 Å². The van der Waals surface area contributed by atoms with Crippen LogP contribution in [-0.2, 0) is 23.9 Å². The molecule has 1 unspecified atom stereocenters.